The van der Waals surface area contributed by atoms with Crippen LogP contribution in [0, 0.1) is 0 Å². The summed E-state index contributed by atoms with van der Waals surface area (Å²) in [6.45, 7) is 5.38. The van der Waals surface area contributed by atoms with Crippen LogP contribution in [0.2, 0.25) is 0 Å². The van der Waals surface area contributed by atoms with E-state index < -0.39 is 0 Å². The molecule has 1 aromatic carbocycles. The van der Waals surface area contributed by atoms with Gasteiger partial charge in [0.15, 0.2) is 0 Å². The van der Waals surface area contributed by atoms with Crippen molar-refractivity contribution in [3.63, 3.8) is 0 Å². The lowest BCUT2D eigenvalue weighted by Gasteiger charge is -2.37. The number of nitrogens with zero attached hydrogens (tertiary/aromatic N) is 1. The standard InChI is InChI=1S/C18H26N2/c1-14(8-9-19)6-7-15-12-16-4-2-10-20-11-3-5-17(13-15)18(16)20/h8,12-13H,2-7,9-11,19H2,1H3/b14-8+. The zero-order valence-electron chi connectivity index (χ0n) is 12.6. The summed E-state index contributed by atoms with van der Waals surface area (Å²) in [5.74, 6) is 0. The van der Waals surface area contributed by atoms with E-state index in [4.69, 9.17) is 5.73 Å². The van der Waals surface area contributed by atoms with Gasteiger partial charge in [0.1, 0.15) is 0 Å². The van der Waals surface area contributed by atoms with E-state index in [-0.39, 0.29) is 0 Å². The molecular formula is C18H26N2. The predicted molar refractivity (Wildman–Crippen MR) is 86.4 cm³/mol. The molecule has 0 spiro atoms. The van der Waals surface area contributed by atoms with Crippen molar-refractivity contribution in [2.75, 3.05) is 24.5 Å². The van der Waals surface area contributed by atoms with Gasteiger partial charge >= 0.3 is 0 Å². The lowest BCUT2D eigenvalue weighted by Crippen LogP contribution is -2.34. The van der Waals surface area contributed by atoms with E-state index in [1.807, 2.05) is 0 Å². The van der Waals surface area contributed by atoms with Crippen LogP contribution in [0.4, 0.5) is 5.69 Å². The molecule has 2 aliphatic heterocycles. The van der Waals surface area contributed by atoms with Gasteiger partial charge in [0.2, 0.25) is 0 Å². The van der Waals surface area contributed by atoms with Crippen molar-refractivity contribution in [2.24, 2.45) is 5.73 Å². The van der Waals surface area contributed by atoms with Gasteiger partial charge < -0.3 is 10.6 Å². The Bertz CT molecular complexity index is 485. The number of aryl methyl sites for hydroxylation is 3. The predicted octanol–water partition coefficient (Wildman–Crippen LogP) is 3.22. The molecule has 108 valence electrons. The van der Waals surface area contributed by atoms with E-state index in [1.54, 1.807) is 16.8 Å². The molecule has 0 fully saturated rings. The van der Waals surface area contributed by atoms with Crippen LogP contribution in [0.3, 0.4) is 0 Å². The molecule has 2 heterocycles. The number of nitrogens with two attached hydrogens (primary N) is 1. The number of hydrogen-bond acceptors (Lipinski definition) is 2. The number of rotatable bonds is 4. The van der Waals surface area contributed by atoms with Crippen LogP contribution >= 0.6 is 0 Å². The Morgan fingerprint density at radius 1 is 1.20 bits per heavy atom. The largest absolute Gasteiger partial charge is 0.371 e. The van der Waals surface area contributed by atoms with Gasteiger partial charge in [-0.3, -0.25) is 0 Å². The highest BCUT2D eigenvalue weighted by Gasteiger charge is 2.23. The average molecular weight is 270 g/mol. The fraction of sp³-hybridized carbons (Fsp3) is 0.556. The Balaban J connectivity index is 1.82. The lowest BCUT2D eigenvalue weighted by molar-refractivity contribution is 0.632. The van der Waals surface area contributed by atoms with Gasteiger partial charge in [-0.2, -0.15) is 0 Å². The molecule has 0 bridgehead atoms. The fourth-order valence-electron chi connectivity index (χ4n) is 3.66. The van der Waals surface area contributed by atoms with Crippen molar-refractivity contribution < 1.29 is 0 Å². The first-order chi connectivity index (χ1) is 9.78. The monoisotopic (exact) mass is 270 g/mol. The van der Waals surface area contributed by atoms with Crippen LogP contribution in [0.25, 0.3) is 0 Å². The van der Waals surface area contributed by atoms with Crippen LogP contribution < -0.4 is 10.6 Å². The topological polar surface area (TPSA) is 29.3 Å². The van der Waals surface area contributed by atoms with Crippen LogP contribution in [0.15, 0.2) is 23.8 Å². The van der Waals surface area contributed by atoms with Crippen LogP contribution in [-0.2, 0) is 19.3 Å². The quantitative estimate of drug-likeness (QED) is 0.851. The Morgan fingerprint density at radius 2 is 1.85 bits per heavy atom. The maximum absolute atomic E-state index is 5.58. The number of allylic oxidation sites excluding steroid dienone is 1. The highest BCUT2D eigenvalue weighted by Crippen LogP contribution is 2.36. The van der Waals surface area contributed by atoms with Gasteiger partial charge in [0, 0.05) is 25.3 Å². The van der Waals surface area contributed by atoms with E-state index in [2.05, 4.69) is 30.0 Å². The second-order valence-corrected chi connectivity index (χ2v) is 6.24. The minimum Gasteiger partial charge on any atom is -0.371 e. The maximum atomic E-state index is 5.58. The highest BCUT2D eigenvalue weighted by atomic mass is 15.1. The van der Waals surface area contributed by atoms with Crippen LogP contribution in [-0.4, -0.2) is 19.6 Å². The first-order valence-electron chi connectivity index (χ1n) is 8.03. The molecule has 2 nitrogen and oxygen atoms in total. The minimum atomic E-state index is 0.663. The molecular weight excluding hydrogens is 244 g/mol. The van der Waals surface area contributed by atoms with Crippen molar-refractivity contribution in [2.45, 2.75) is 45.4 Å². The molecule has 0 saturated carbocycles. The molecule has 3 rings (SSSR count). The zero-order chi connectivity index (χ0) is 13.9. The van der Waals surface area contributed by atoms with Gasteiger partial charge in [0.05, 0.1) is 0 Å². The zero-order valence-corrected chi connectivity index (χ0v) is 12.6. The van der Waals surface area contributed by atoms with Crippen molar-refractivity contribution in [3.8, 4) is 0 Å². The summed E-state index contributed by atoms with van der Waals surface area (Å²) < 4.78 is 0. The van der Waals surface area contributed by atoms with Crippen molar-refractivity contribution in [3.05, 3.63) is 40.5 Å². The second-order valence-electron chi connectivity index (χ2n) is 6.24. The molecule has 0 radical (unpaired) electrons. The summed E-state index contributed by atoms with van der Waals surface area (Å²) >= 11 is 0. The molecule has 0 atom stereocenters. The summed E-state index contributed by atoms with van der Waals surface area (Å²) in [7, 11) is 0. The Labute approximate surface area is 122 Å². The molecule has 0 saturated heterocycles. The van der Waals surface area contributed by atoms with Crippen molar-refractivity contribution in [1.82, 2.24) is 0 Å². The first kappa shape index (κ1) is 13.7. The molecule has 0 aromatic heterocycles. The molecule has 20 heavy (non-hydrogen) atoms. The SMILES string of the molecule is C/C(=C\CN)CCc1cc2c3c(c1)CCCN3CCC2. The van der Waals surface area contributed by atoms with Crippen molar-refractivity contribution in [1.29, 1.82) is 0 Å². The highest BCUT2D eigenvalue weighted by molar-refractivity contribution is 5.64. The van der Waals surface area contributed by atoms with Crippen LogP contribution in [0.1, 0.15) is 42.9 Å². The van der Waals surface area contributed by atoms with E-state index in [0.29, 0.717) is 6.54 Å². The normalized spacial score (nSPS) is 18.1. The van der Waals surface area contributed by atoms with E-state index in [1.165, 1.54) is 49.9 Å². The molecule has 2 heteroatoms. The third-order valence-corrected chi connectivity index (χ3v) is 4.67. The summed E-state index contributed by atoms with van der Waals surface area (Å²) in [6, 6.07) is 4.93. The summed E-state index contributed by atoms with van der Waals surface area (Å²) in [4.78, 5) is 2.61. The smallest absolute Gasteiger partial charge is 0.0431 e. The van der Waals surface area contributed by atoms with Gasteiger partial charge in [0.25, 0.3) is 0 Å². The molecule has 0 aliphatic carbocycles. The van der Waals surface area contributed by atoms with Gasteiger partial charge in [-0.05, 0) is 62.1 Å². The van der Waals surface area contributed by atoms with Gasteiger partial charge in [-0.25, -0.2) is 0 Å². The maximum Gasteiger partial charge on any atom is 0.0431 e. The average Bonchev–Trinajstić information content (AvgIpc) is 2.46. The first-order valence-corrected chi connectivity index (χ1v) is 8.03. The number of hydrogen-bond donors (Lipinski definition) is 1. The van der Waals surface area contributed by atoms with Gasteiger partial charge in [-0.1, -0.05) is 23.8 Å². The Kier molecular flexibility index (Phi) is 4.11. The molecule has 0 amide bonds. The Morgan fingerprint density at radius 3 is 2.45 bits per heavy atom. The molecule has 1 aromatic rings. The number of benzene rings is 1. The van der Waals surface area contributed by atoms with E-state index in [9.17, 15) is 0 Å². The van der Waals surface area contributed by atoms with Crippen LogP contribution in [0.5, 0.6) is 0 Å². The summed E-state index contributed by atoms with van der Waals surface area (Å²) in [5.41, 5.74) is 13.3. The van der Waals surface area contributed by atoms with E-state index >= 15 is 0 Å². The minimum absolute atomic E-state index is 0.663. The molecule has 0 unspecified atom stereocenters. The van der Waals surface area contributed by atoms with Crippen molar-refractivity contribution >= 4 is 5.69 Å². The summed E-state index contributed by atoms with van der Waals surface area (Å²) in [6.07, 6.45) is 9.62. The van der Waals surface area contributed by atoms with Gasteiger partial charge in [-0.15, -0.1) is 0 Å². The third-order valence-electron chi connectivity index (χ3n) is 4.67. The fourth-order valence-corrected chi connectivity index (χ4v) is 3.66. The van der Waals surface area contributed by atoms with E-state index in [0.717, 1.165) is 12.8 Å². The Hall–Kier alpha value is -1.28. The molecule has 2 aliphatic rings. The molecule has 2 N–H and O–H groups in total. The second kappa shape index (κ2) is 6.01. The third kappa shape index (κ3) is 2.76. The lowest BCUT2D eigenvalue weighted by atomic mass is 9.89. The summed E-state index contributed by atoms with van der Waals surface area (Å²) in [5, 5.41) is 0. The number of anilines is 1.